The SMILES string of the molecule is CN=C(NCc1c(F)cccc1OC(F)F)NCC(C)C.I. The lowest BCUT2D eigenvalue weighted by Crippen LogP contribution is -2.38. The van der Waals surface area contributed by atoms with Crippen molar-refractivity contribution in [2.45, 2.75) is 27.0 Å². The first-order chi connectivity index (χ1) is 9.93. The van der Waals surface area contributed by atoms with Gasteiger partial charge in [-0.3, -0.25) is 4.99 Å². The van der Waals surface area contributed by atoms with Crippen molar-refractivity contribution in [2.24, 2.45) is 10.9 Å². The van der Waals surface area contributed by atoms with E-state index in [1.165, 1.54) is 18.2 Å². The van der Waals surface area contributed by atoms with Crippen molar-refractivity contribution < 1.29 is 17.9 Å². The highest BCUT2D eigenvalue weighted by Crippen LogP contribution is 2.23. The maximum atomic E-state index is 13.7. The van der Waals surface area contributed by atoms with Crippen molar-refractivity contribution in [3.8, 4) is 5.75 Å². The third-order valence-corrected chi connectivity index (χ3v) is 2.63. The number of halogens is 4. The van der Waals surface area contributed by atoms with Crippen molar-refractivity contribution >= 4 is 29.9 Å². The van der Waals surface area contributed by atoms with Gasteiger partial charge in [0.05, 0.1) is 0 Å². The molecular formula is C14H21F3IN3O. The van der Waals surface area contributed by atoms with Crippen LogP contribution in [0.3, 0.4) is 0 Å². The highest BCUT2D eigenvalue weighted by atomic mass is 127. The minimum atomic E-state index is -3.00. The van der Waals surface area contributed by atoms with Crippen LogP contribution in [0.15, 0.2) is 23.2 Å². The summed E-state index contributed by atoms with van der Waals surface area (Å²) >= 11 is 0. The highest BCUT2D eigenvalue weighted by Gasteiger charge is 2.14. The third-order valence-electron chi connectivity index (χ3n) is 2.63. The summed E-state index contributed by atoms with van der Waals surface area (Å²) in [6.45, 7) is 1.75. The van der Waals surface area contributed by atoms with E-state index in [-0.39, 0.29) is 41.8 Å². The summed E-state index contributed by atoms with van der Waals surface area (Å²) in [4.78, 5) is 3.98. The Morgan fingerprint density at radius 3 is 2.50 bits per heavy atom. The van der Waals surface area contributed by atoms with Gasteiger partial charge >= 0.3 is 6.61 Å². The van der Waals surface area contributed by atoms with Gasteiger partial charge in [-0.2, -0.15) is 8.78 Å². The van der Waals surface area contributed by atoms with Gasteiger partial charge < -0.3 is 15.4 Å². The van der Waals surface area contributed by atoms with Gasteiger partial charge in [-0.25, -0.2) is 4.39 Å². The van der Waals surface area contributed by atoms with E-state index in [9.17, 15) is 13.2 Å². The monoisotopic (exact) mass is 431 g/mol. The molecule has 1 aromatic rings. The summed E-state index contributed by atoms with van der Waals surface area (Å²) in [6, 6.07) is 3.82. The second-order valence-corrected chi connectivity index (χ2v) is 4.80. The van der Waals surface area contributed by atoms with E-state index in [2.05, 4.69) is 20.4 Å². The maximum Gasteiger partial charge on any atom is 0.387 e. The molecule has 4 nitrogen and oxygen atoms in total. The molecule has 0 aliphatic carbocycles. The summed E-state index contributed by atoms with van der Waals surface area (Å²) in [5.41, 5.74) is 0.0327. The van der Waals surface area contributed by atoms with Gasteiger partial charge in [0.15, 0.2) is 5.96 Å². The predicted molar refractivity (Wildman–Crippen MR) is 91.5 cm³/mol. The molecule has 0 unspecified atom stereocenters. The van der Waals surface area contributed by atoms with Crippen molar-refractivity contribution in [1.82, 2.24) is 10.6 Å². The molecule has 0 aliphatic rings. The van der Waals surface area contributed by atoms with Gasteiger partial charge in [0.1, 0.15) is 11.6 Å². The van der Waals surface area contributed by atoms with E-state index in [4.69, 9.17) is 0 Å². The summed E-state index contributed by atoms with van der Waals surface area (Å²) in [5.74, 6) is 0.0847. The molecule has 0 saturated carbocycles. The molecule has 0 saturated heterocycles. The van der Waals surface area contributed by atoms with E-state index in [0.717, 1.165) is 0 Å². The fraction of sp³-hybridized carbons (Fsp3) is 0.500. The number of nitrogens with zero attached hydrogens (tertiary/aromatic N) is 1. The number of benzene rings is 1. The van der Waals surface area contributed by atoms with Gasteiger partial charge in [-0.1, -0.05) is 19.9 Å². The largest absolute Gasteiger partial charge is 0.434 e. The number of hydrogen-bond donors (Lipinski definition) is 2. The van der Waals surface area contributed by atoms with Crippen LogP contribution in [-0.2, 0) is 6.54 Å². The first-order valence-corrected chi connectivity index (χ1v) is 6.60. The third kappa shape index (κ3) is 7.19. The van der Waals surface area contributed by atoms with Crippen LogP contribution in [0.2, 0.25) is 0 Å². The van der Waals surface area contributed by atoms with Gasteiger partial charge in [-0.05, 0) is 18.1 Å². The van der Waals surface area contributed by atoms with Gasteiger partial charge in [0.25, 0.3) is 0 Å². The molecule has 0 aliphatic heterocycles. The summed E-state index contributed by atoms with van der Waals surface area (Å²) in [6.07, 6.45) is 0. The molecule has 0 heterocycles. The van der Waals surface area contributed by atoms with Crippen molar-refractivity contribution in [2.75, 3.05) is 13.6 Å². The van der Waals surface area contributed by atoms with Crippen LogP contribution in [0.25, 0.3) is 0 Å². The zero-order valence-electron chi connectivity index (χ0n) is 12.7. The Labute approximate surface area is 145 Å². The molecule has 1 rings (SSSR count). The summed E-state index contributed by atoms with van der Waals surface area (Å²) < 4.78 is 42.7. The molecule has 8 heteroatoms. The molecule has 22 heavy (non-hydrogen) atoms. The minimum absolute atomic E-state index is 0. The molecule has 0 aromatic heterocycles. The number of rotatable bonds is 6. The fourth-order valence-electron chi connectivity index (χ4n) is 1.61. The fourth-order valence-corrected chi connectivity index (χ4v) is 1.61. The number of aliphatic imine (C=N–C) groups is 1. The first kappa shape index (κ1) is 20.8. The van der Waals surface area contributed by atoms with E-state index in [1.54, 1.807) is 7.05 Å². The van der Waals surface area contributed by atoms with Crippen LogP contribution in [0.4, 0.5) is 13.2 Å². The van der Waals surface area contributed by atoms with Crippen LogP contribution in [-0.4, -0.2) is 26.2 Å². The van der Waals surface area contributed by atoms with Crippen LogP contribution in [0.5, 0.6) is 5.75 Å². The number of hydrogen-bond acceptors (Lipinski definition) is 2. The lowest BCUT2D eigenvalue weighted by atomic mass is 10.2. The Kier molecular flexibility index (Phi) is 9.95. The van der Waals surface area contributed by atoms with Gasteiger partial charge in [0.2, 0.25) is 0 Å². The summed E-state index contributed by atoms with van der Waals surface area (Å²) in [5, 5.41) is 5.92. The Balaban J connectivity index is 0.00000441. The first-order valence-electron chi connectivity index (χ1n) is 6.60. The van der Waals surface area contributed by atoms with Crippen LogP contribution < -0.4 is 15.4 Å². The topological polar surface area (TPSA) is 45.7 Å². The molecule has 0 fully saturated rings. The Morgan fingerprint density at radius 1 is 1.27 bits per heavy atom. The van der Waals surface area contributed by atoms with Gasteiger partial charge in [0, 0.05) is 25.7 Å². The second-order valence-electron chi connectivity index (χ2n) is 4.80. The second kappa shape index (κ2) is 10.5. The smallest absolute Gasteiger partial charge is 0.387 e. The summed E-state index contributed by atoms with van der Waals surface area (Å²) in [7, 11) is 1.58. The van der Waals surface area contributed by atoms with E-state index in [1.807, 2.05) is 13.8 Å². The van der Waals surface area contributed by atoms with Crippen LogP contribution >= 0.6 is 24.0 Å². The molecule has 126 valence electrons. The van der Waals surface area contributed by atoms with Crippen LogP contribution in [0.1, 0.15) is 19.4 Å². The molecule has 0 bridgehead atoms. The number of ether oxygens (including phenoxy) is 1. The molecule has 0 spiro atoms. The standard InChI is InChI=1S/C14H20F3N3O.HI/c1-9(2)7-19-14(18-3)20-8-10-11(15)5-4-6-12(10)21-13(16)17;/h4-6,9,13H,7-8H2,1-3H3,(H2,18,19,20);1H. The zero-order chi connectivity index (χ0) is 15.8. The Bertz CT molecular complexity index is 484. The molecule has 2 N–H and O–H groups in total. The number of guanidine groups is 1. The maximum absolute atomic E-state index is 13.7. The molecule has 0 atom stereocenters. The average molecular weight is 431 g/mol. The van der Waals surface area contributed by atoms with E-state index in [0.29, 0.717) is 18.4 Å². The lowest BCUT2D eigenvalue weighted by molar-refractivity contribution is -0.0506. The molecule has 0 amide bonds. The predicted octanol–water partition coefficient (Wildman–Crippen LogP) is 3.37. The minimum Gasteiger partial charge on any atom is -0.434 e. The quantitative estimate of drug-likeness (QED) is 0.413. The van der Waals surface area contributed by atoms with Crippen molar-refractivity contribution in [1.29, 1.82) is 0 Å². The molecular weight excluding hydrogens is 410 g/mol. The van der Waals surface area contributed by atoms with Crippen molar-refractivity contribution in [3.63, 3.8) is 0 Å². The zero-order valence-corrected chi connectivity index (χ0v) is 15.0. The normalized spacial score (nSPS) is 11.4. The highest BCUT2D eigenvalue weighted by molar-refractivity contribution is 14.0. The molecule has 1 aromatic carbocycles. The molecule has 0 radical (unpaired) electrons. The van der Waals surface area contributed by atoms with Crippen molar-refractivity contribution in [3.05, 3.63) is 29.6 Å². The van der Waals surface area contributed by atoms with E-state index < -0.39 is 12.4 Å². The number of nitrogens with one attached hydrogen (secondary N) is 2. The van der Waals surface area contributed by atoms with Gasteiger partial charge in [-0.15, -0.1) is 24.0 Å². The van der Waals surface area contributed by atoms with Crippen LogP contribution in [0, 0.1) is 11.7 Å². The number of alkyl halides is 2. The lowest BCUT2D eigenvalue weighted by Gasteiger charge is -2.15. The Morgan fingerprint density at radius 2 is 1.95 bits per heavy atom. The van der Waals surface area contributed by atoms with E-state index >= 15 is 0 Å². The Hall–Kier alpha value is -1.19. The average Bonchev–Trinajstić information content (AvgIpc) is 2.40.